The monoisotopic (exact) mass is 299 g/mol. The number of hydrogen-bond acceptors (Lipinski definition) is 3. The molecule has 6 heteroatoms. The summed E-state index contributed by atoms with van der Waals surface area (Å²) in [6.07, 6.45) is 3.11. The predicted octanol–water partition coefficient (Wildman–Crippen LogP) is 2.19. The summed E-state index contributed by atoms with van der Waals surface area (Å²) < 4.78 is 13.7. The Morgan fingerprint density at radius 2 is 1.86 bits per heavy atom. The third-order valence-electron chi connectivity index (χ3n) is 3.82. The van der Waals surface area contributed by atoms with Gasteiger partial charge in [-0.05, 0) is 30.7 Å². The smallest absolute Gasteiger partial charge is 0.319 e. The van der Waals surface area contributed by atoms with Crippen molar-refractivity contribution in [2.75, 3.05) is 0 Å². The van der Waals surface area contributed by atoms with E-state index in [0.29, 0.717) is 11.1 Å². The Kier molecular flexibility index (Phi) is 3.36. The van der Waals surface area contributed by atoms with Gasteiger partial charge in [0, 0.05) is 18.0 Å². The van der Waals surface area contributed by atoms with Crippen LogP contribution in [0.15, 0.2) is 48.8 Å². The van der Waals surface area contributed by atoms with Crippen molar-refractivity contribution in [2.45, 2.75) is 19.0 Å². The normalized spacial score (nSPS) is 21.1. The molecule has 112 valence electrons. The van der Waals surface area contributed by atoms with Crippen LogP contribution in [0.1, 0.15) is 18.1 Å². The zero-order valence-corrected chi connectivity index (χ0v) is 11.9. The van der Waals surface area contributed by atoms with E-state index < -0.39 is 23.3 Å². The van der Waals surface area contributed by atoms with Crippen molar-refractivity contribution < 1.29 is 14.0 Å². The number of hydrogen-bond donors (Lipinski definition) is 1. The number of nitrogens with zero attached hydrogens (tertiary/aromatic N) is 2. The maximum Gasteiger partial charge on any atom is 0.325 e. The summed E-state index contributed by atoms with van der Waals surface area (Å²) in [5.41, 5.74) is -0.229. The molecule has 2 aromatic rings. The molecule has 2 heterocycles. The number of rotatable bonds is 3. The summed E-state index contributed by atoms with van der Waals surface area (Å²) in [6.45, 7) is 1.53. The lowest BCUT2D eigenvalue weighted by Crippen LogP contribution is -2.40. The van der Waals surface area contributed by atoms with Crippen LogP contribution in [0.2, 0.25) is 0 Å². The number of pyridine rings is 1. The van der Waals surface area contributed by atoms with E-state index in [9.17, 15) is 14.0 Å². The summed E-state index contributed by atoms with van der Waals surface area (Å²) >= 11 is 0. The average molecular weight is 299 g/mol. The van der Waals surface area contributed by atoms with E-state index in [-0.39, 0.29) is 6.54 Å². The van der Waals surface area contributed by atoms with Crippen LogP contribution in [0.4, 0.5) is 9.18 Å². The van der Waals surface area contributed by atoms with E-state index in [2.05, 4.69) is 10.3 Å². The van der Waals surface area contributed by atoms with Crippen molar-refractivity contribution in [1.82, 2.24) is 15.2 Å². The Hall–Kier alpha value is -2.76. The molecule has 22 heavy (non-hydrogen) atoms. The lowest BCUT2D eigenvalue weighted by Gasteiger charge is -2.22. The Morgan fingerprint density at radius 3 is 2.55 bits per heavy atom. The zero-order valence-electron chi connectivity index (χ0n) is 11.9. The van der Waals surface area contributed by atoms with Gasteiger partial charge in [-0.1, -0.05) is 18.2 Å². The van der Waals surface area contributed by atoms with Crippen molar-refractivity contribution in [3.63, 3.8) is 0 Å². The number of halogens is 1. The fraction of sp³-hybridized carbons (Fsp3) is 0.188. The third kappa shape index (κ3) is 2.22. The fourth-order valence-electron chi connectivity index (χ4n) is 2.52. The minimum absolute atomic E-state index is 0.0992. The highest BCUT2D eigenvalue weighted by molar-refractivity contribution is 6.07. The number of carbonyl (C=O) groups is 2. The lowest BCUT2D eigenvalue weighted by atomic mass is 9.93. The van der Waals surface area contributed by atoms with Gasteiger partial charge in [-0.25, -0.2) is 9.18 Å². The SMILES string of the molecule is CC1(c2ccncc2)NC(=O)N(Cc2ccccc2F)C1=O. The molecule has 1 atom stereocenters. The highest BCUT2D eigenvalue weighted by Crippen LogP contribution is 2.29. The van der Waals surface area contributed by atoms with Crippen molar-refractivity contribution in [1.29, 1.82) is 0 Å². The molecule has 0 saturated carbocycles. The van der Waals surface area contributed by atoms with E-state index in [1.807, 2.05) is 0 Å². The molecular weight excluding hydrogens is 285 g/mol. The molecule has 1 aliphatic rings. The highest BCUT2D eigenvalue weighted by Gasteiger charge is 2.48. The largest absolute Gasteiger partial charge is 0.325 e. The first-order valence-electron chi connectivity index (χ1n) is 6.80. The van der Waals surface area contributed by atoms with Crippen LogP contribution in [-0.4, -0.2) is 21.8 Å². The van der Waals surface area contributed by atoms with Gasteiger partial charge in [0.15, 0.2) is 0 Å². The maximum absolute atomic E-state index is 13.7. The van der Waals surface area contributed by atoms with Crippen LogP contribution in [0.5, 0.6) is 0 Å². The van der Waals surface area contributed by atoms with Gasteiger partial charge in [-0.3, -0.25) is 14.7 Å². The van der Waals surface area contributed by atoms with Gasteiger partial charge in [0.05, 0.1) is 6.54 Å². The van der Waals surface area contributed by atoms with Gasteiger partial charge in [-0.15, -0.1) is 0 Å². The Balaban J connectivity index is 1.91. The van der Waals surface area contributed by atoms with Gasteiger partial charge in [0.1, 0.15) is 11.4 Å². The quantitative estimate of drug-likeness (QED) is 0.884. The number of nitrogens with one attached hydrogen (secondary N) is 1. The molecule has 1 aromatic carbocycles. The molecule has 0 bridgehead atoms. The molecule has 1 saturated heterocycles. The molecule has 1 N–H and O–H groups in total. The molecule has 5 nitrogen and oxygen atoms in total. The topological polar surface area (TPSA) is 62.3 Å². The molecule has 0 spiro atoms. The second-order valence-electron chi connectivity index (χ2n) is 5.27. The van der Waals surface area contributed by atoms with Gasteiger partial charge in [0.25, 0.3) is 5.91 Å². The number of carbonyl (C=O) groups excluding carboxylic acids is 2. The van der Waals surface area contributed by atoms with Crippen LogP contribution in [0.25, 0.3) is 0 Å². The van der Waals surface area contributed by atoms with Gasteiger partial charge in [0.2, 0.25) is 0 Å². The van der Waals surface area contributed by atoms with E-state index >= 15 is 0 Å². The van der Waals surface area contributed by atoms with E-state index in [1.54, 1.807) is 49.6 Å². The minimum atomic E-state index is -1.16. The first kappa shape index (κ1) is 14.2. The summed E-state index contributed by atoms with van der Waals surface area (Å²) in [6, 6.07) is 8.89. The van der Waals surface area contributed by atoms with Crippen LogP contribution in [0.3, 0.4) is 0 Å². The average Bonchev–Trinajstić information content (AvgIpc) is 2.75. The van der Waals surface area contributed by atoms with Crippen molar-refractivity contribution >= 4 is 11.9 Å². The van der Waals surface area contributed by atoms with Crippen LogP contribution in [0, 0.1) is 5.82 Å². The van der Waals surface area contributed by atoms with Crippen LogP contribution >= 0.6 is 0 Å². The molecule has 1 fully saturated rings. The van der Waals surface area contributed by atoms with Gasteiger partial charge < -0.3 is 5.32 Å². The van der Waals surface area contributed by atoms with Crippen molar-refractivity contribution in [3.8, 4) is 0 Å². The van der Waals surface area contributed by atoms with Crippen LogP contribution < -0.4 is 5.32 Å². The Morgan fingerprint density at radius 1 is 1.18 bits per heavy atom. The first-order valence-corrected chi connectivity index (χ1v) is 6.80. The molecule has 1 unspecified atom stereocenters. The lowest BCUT2D eigenvalue weighted by molar-refractivity contribution is -0.131. The van der Waals surface area contributed by atoms with Crippen molar-refractivity contribution in [3.05, 3.63) is 65.7 Å². The van der Waals surface area contributed by atoms with Crippen LogP contribution in [-0.2, 0) is 16.9 Å². The molecule has 3 amide bonds. The molecular formula is C16H14FN3O2. The van der Waals surface area contributed by atoms with E-state index in [0.717, 1.165) is 4.90 Å². The number of aromatic nitrogens is 1. The second kappa shape index (κ2) is 5.22. The summed E-state index contributed by atoms with van der Waals surface area (Å²) in [5, 5.41) is 2.67. The molecule has 1 aromatic heterocycles. The number of amides is 3. The minimum Gasteiger partial charge on any atom is -0.319 e. The Labute approximate surface area is 126 Å². The van der Waals surface area contributed by atoms with E-state index in [4.69, 9.17) is 0 Å². The third-order valence-corrected chi connectivity index (χ3v) is 3.82. The number of imide groups is 1. The Bertz CT molecular complexity index is 735. The predicted molar refractivity (Wildman–Crippen MR) is 77.1 cm³/mol. The molecule has 3 rings (SSSR count). The van der Waals surface area contributed by atoms with E-state index in [1.165, 1.54) is 6.07 Å². The van der Waals surface area contributed by atoms with Crippen molar-refractivity contribution in [2.24, 2.45) is 0 Å². The fourth-order valence-corrected chi connectivity index (χ4v) is 2.52. The number of urea groups is 1. The maximum atomic E-state index is 13.7. The molecule has 0 aliphatic carbocycles. The van der Waals surface area contributed by atoms with Gasteiger partial charge >= 0.3 is 6.03 Å². The highest BCUT2D eigenvalue weighted by atomic mass is 19.1. The standard InChI is InChI=1S/C16H14FN3O2/c1-16(12-6-8-18-9-7-12)14(21)20(15(22)19-16)10-11-4-2-3-5-13(11)17/h2-9H,10H2,1H3,(H,19,22). The van der Waals surface area contributed by atoms with Gasteiger partial charge in [-0.2, -0.15) is 0 Å². The zero-order chi connectivity index (χ0) is 15.7. The second-order valence-corrected chi connectivity index (χ2v) is 5.27. The molecule has 0 radical (unpaired) electrons. The summed E-state index contributed by atoms with van der Waals surface area (Å²) in [4.78, 5) is 29.7. The molecule has 1 aliphatic heterocycles. The summed E-state index contributed by atoms with van der Waals surface area (Å²) in [7, 11) is 0. The first-order chi connectivity index (χ1) is 10.5. The number of benzene rings is 1. The summed E-state index contributed by atoms with van der Waals surface area (Å²) in [5.74, 6) is -0.854.